The molecule has 4 heteroatoms. The number of benzene rings is 1. The summed E-state index contributed by atoms with van der Waals surface area (Å²) in [6.45, 7) is 0.849. The molecule has 2 rings (SSSR count). The molecule has 1 N–H and O–H groups in total. The van der Waals surface area contributed by atoms with Gasteiger partial charge in [0.1, 0.15) is 0 Å². The molecule has 0 bridgehead atoms. The standard InChI is InChI=1S/C15H20BrNO2/c16-13-6-4-5-12(9-13)10-15(19)17-8-3-1-2-7-14(17)11-18/h4-6,9,14,18H,1-3,7-8,10-11H2. The zero-order valence-electron chi connectivity index (χ0n) is 11.0. The molecule has 1 unspecified atom stereocenters. The maximum atomic E-state index is 12.4. The first-order valence-corrected chi connectivity index (χ1v) is 7.65. The van der Waals surface area contributed by atoms with Crippen molar-refractivity contribution in [3.8, 4) is 0 Å². The average Bonchev–Trinajstić information content (AvgIpc) is 2.63. The minimum atomic E-state index is 0.00199. The molecular formula is C15H20BrNO2. The van der Waals surface area contributed by atoms with E-state index in [4.69, 9.17) is 0 Å². The van der Waals surface area contributed by atoms with Crippen LogP contribution in [0.4, 0.5) is 0 Å². The Labute approximate surface area is 122 Å². The summed E-state index contributed by atoms with van der Waals surface area (Å²) in [5.41, 5.74) is 1.01. The highest BCUT2D eigenvalue weighted by Gasteiger charge is 2.24. The van der Waals surface area contributed by atoms with Crippen LogP contribution in [0.5, 0.6) is 0 Å². The van der Waals surface area contributed by atoms with Gasteiger partial charge in [-0.05, 0) is 30.5 Å². The van der Waals surface area contributed by atoms with Gasteiger partial charge >= 0.3 is 0 Å². The van der Waals surface area contributed by atoms with Crippen molar-refractivity contribution >= 4 is 21.8 Å². The minimum Gasteiger partial charge on any atom is -0.394 e. The quantitative estimate of drug-likeness (QED) is 0.928. The van der Waals surface area contributed by atoms with E-state index in [2.05, 4.69) is 15.9 Å². The second kappa shape index (κ2) is 7.06. The second-order valence-corrected chi connectivity index (χ2v) is 6.00. The molecule has 0 aliphatic carbocycles. The summed E-state index contributed by atoms with van der Waals surface area (Å²) in [6.07, 6.45) is 4.63. The van der Waals surface area contributed by atoms with Crippen molar-refractivity contribution in [1.82, 2.24) is 4.90 Å². The van der Waals surface area contributed by atoms with E-state index in [1.54, 1.807) is 0 Å². The second-order valence-electron chi connectivity index (χ2n) is 5.08. The Bertz CT molecular complexity index is 436. The molecule has 104 valence electrons. The van der Waals surface area contributed by atoms with Crippen molar-refractivity contribution in [2.75, 3.05) is 13.2 Å². The van der Waals surface area contributed by atoms with Gasteiger partial charge < -0.3 is 10.0 Å². The van der Waals surface area contributed by atoms with Gasteiger partial charge in [0.15, 0.2) is 0 Å². The zero-order valence-corrected chi connectivity index (χ0v) is 12.6. The van der Waals surface area contributed by atoms with Crippen LogP contribution in [0.1, 0.15) is 31.2 Å². The van der Waals surface area contributed by atoms with Crippen molar-refractivity contribution in [2.45, 2.75) is 38.1 Å². The summed E-state index contributed by atoms with van der Waals surface area (Å²) in [7, 11) is 0. The first-order valence-electron chi connectivity index (χ1n) is 6.85. The maximum Gasteiger partial charge on any atom is 0.227 e. The summed E-state index contributed by atoms with van der Waals surface area (Å²) in [5, 5.41) is 9.44. The molecule has 19 heavy (non-hydrogen) atoms. The molecule has 1 heterocycles. The van der Waals surface area contributed by atoms with E-state index in [1.807, 2.05) is 29.2 Å². The van der Waals surface area contributed by atoms with E-state index >= 15 is 0 Å². The van der Waals surface area contributed by atoms with E-state index in [9.17, 15) is 9.90 Å². The lowest BCUT2D eigenvalue weighted by molar-refractivity contribution is -0.133. The number of hydrogen-bond donors (Lipinski definition) is 1. The van der Waals surface area contributed by atoms with Gasteiger partial charge in [-0.3, -0.25) is 4.79 Å². The number of halogens is 1. The van der Waals surface area contributed by atoms with E-state index in [0.717, 1.165) is 42.3 Å². The summed E-state index contributed by atoms with van der Waals surface area (Å²) in [4.78, 5) is 14.3. The predicted octanol–water partition coefficient (Wildman–Crippen LogP) is 2.76. The first-order chi connectivity index (χ1) is 9.20. The molecule has 0 saturated carbocycles. The van der Waals surface area contributed by atoms with Gasteiger partial charge in [0.05, 0.1) is 19.1 Å². The van der Waals surface area contributed by atoms with Crippen LogP contribution in [0.15, 0.2) is 28.7 Å². The average molecular weight is 326 g/mol. The molecule has 0 spiro atoms. The van der Waals surface area contributed by atoms with Crippen LogP contribution < -0.4 is 0 Å². The molecule has 1 amide bonds. The van der Waals surface area contributed by atoms with Crippen LogP contribution in [0, 0.1) is 0 Å². The minimum absolute atomic E-state index is 0.00199. The SMILES string of the molecule is O=C(Cc1cccc(Br)c1)N1CCCCCC1CO. The summed E-state index contributed by atoms with van der Waals surface area (Å²) in [6, 6.07) is 7.84. The van der Waals surface area contributed by atoms with Gasteiger partial charge in [0, 0.05) is 11.0 Å². The lowest BCUT2D eigenvalue weighted by atomic mass is 10.1. The number of nitrogens with zero attached hydrogens (tertiary/aromatic N) is 1. The van der Waals surface area contributed by atoms with Gasteiger partial charge in [-0.2, -0.15) is 0 Å². The lowest BCUT2D eigenvalue weighted by Gasteiger charge is -2.28. The lowest BCUT2D eigenvalue weighted by Crippen LogP contribution is -2.42. The number of carbonyl (C=O) groups excluding carboxylic acids is 1. The monoisotopic (exact) mass is 325 g/mol. The summed E-state index contributed by atoms with van der Waals surface area (Å²) in [5.74, 6) is 0.124. The Hall–Kier alpha value is -0.870. The number of likely N-dealkylation sites (tertiary alicyclic amines) is 1. The van der Waals surface area contributed by atoms with E-state index in [-0.39, 0.29) is 18.6 Å². The van der Waals surface area contributed by atoms with Crippen molar-refractivity contribution in [3.05, 3.63) is 34.3 Å². The summed E-state index contributed by atoms with van der Waals surface area (Å²) >= 11 is 3.42. The van der Waals surface area contributed by atoms with Crippen molar-refractivity contribution in [1.29, 1.82) is 0 Å². The molecule has 1 aliphatic rings. The molecule has 1 aliphatic heterocycles. The van der Waals surface area contributed by atoms with Gasteiger partial charge in [-0.1, -0.05) is 40.9 Å². The molecule has 1 saturated heterocycles. The predicted molar refractivity (Wildman–Crippen MR) is 78.9 cm³/mol. The number of hydrogen-bond acceptors (Lipinski definition) is 2. The molecule has 0 aromatic heterocycles. The van der Waals surface area contributed by atoms with Gasteiger partial charge in [-0.15, -0.1) is 0 Å². The Balaban J connectivity index is 2.04. The van der Waals surface area contributed by atoms with Crippen molar-refractivity contribution < 1.29 is 9.90 Å². The smallest absolute Gasteiger partial charge is 0.227 e. The van der Waals surface area contributed by atoms with Crippen LogP contribution in [0.25, 0.3) is 0 Å². The van der Waals surface area contributed by atoms with E-state index in [0.29, 0.717) is 6.42 Å². The Morgan fingerprint density at radius 1 is 1.37 bits per heavy atom. The normalized spacial score (nSPS) is 20.1. The van der Waals surface area contributed by atoms with Crippen molar-refractivity contribution in [2.24, 2.45) is 0 Å². The maximum absolute atomic E-state index is 12.4. The first kappa shape index (κ1) is 14.5. The topological polar surface area (TPSA) is 40.5 Å². The number of aliphatic hydroxyl groups is 1. The van der Waals surface area contributed by atoms with Gasteiger partial charge in [-0.25, -0.2) is 0 Å². The third-order valence-electron chi connectivity index (χ3n) is 3.65. The van der Waals surface area contributed by atoms with Gasteiger partial charge in [0.25, 0.3) is 0 Å². The number of rotatable bonds is 3. The number of carbonyl (C=O) groups is 1. The molecule has 0 radical (unpaired) electrons. The highest BCUT2D eigenvalue weighted by atomic mass is 79.9. The Morgan fingerprint density at radius 2 is 2.21 bits per heavy atom. The van der Waals surface area contributed by atoms with Crippen molar-refractivity contribution in [3.63, 3.8) is 0 Å². The van der Waals surface area contributed by atoms with Crippen LogP contribution in [-0.4, -0.2) is 35.1 Å². The molecule has 1 atom stereocenters. The zero-order chi connectivity index (χ0) is 13.7. The van der Waals surface area contributed by atoms with E-state index < -0.39 is 0 Å². The largest absolute Gasteiger partial charge is 0.394 e. The fourth-order valence-electron chi connectivity index (χ4n) is 2.62. The molecular weight excluding hydrogens is 306 g/mol. The molecule has 1 aromatic rings. The molecule has 3 nitrogen and oxygen atoms in total. The van der Waals surface area contributed by atoms with Crippen LogP contribution in [-0.2, 0) is 11.2 Å². The van der Waals surface area contributed by atoms with Gasteiger partial charge in [0.2, 0.25) is 5.91 Å². The fraction of sp³-hybridized carbons (Fsp3) is 0.533. The Morgan fingerprint density at radius 3 is 2.95 bits per heavy atom. The third kappa shape index (κ3) is 4.05. The fourth-order valence-corrected chi connectivity index (χ4v) is 3.07. The van der Waals surface area contributed by atoms with Crippen LogP contribution >= 0.6 is 15.9 Å². The summed E-state index contributed by atoms with van der Waals surface area (Å²) < 4.78 is 0.993. The van der Waals surface area contributed by atoms with Crippen LogP contribution in [0.3, 0.4) is 0 Å². The Kier molecular flexibility index (Phi) is 5.40. The highest BCUT2D eigenvalue weighted by Crippen LogP contribution is 2.19. The van der Waals surface area contributed by atoms with Crippen LogP contribution in [0.2, 0.25) is 0 Å². The third-order valence-corrected chi connectivity index (χ3v) is 4.15. The van der Waals surface area contributed by atoms with E-state index in [1.165, 1.54) is 0 Å². The highest BCUT2D eigenvalue weighted by molar-refractivity contribution is 9.10. The number of amides is 1. The molecule has 1 aromatic carbocycles. The number of aliphatic hydroxyl groups excluding tert-OH is 1. The molecule has 1 fully saturated rings.